The van der Waals surface area contributed by atoms with E-state index in [1.165, 1.54) is 6.42 Å². The second kappa shape index (κ2) is 5.22. The van der Waals surface area contributed by atoms with Crippen molar-refractivity contribution in [1.82, 2.24) is 5.32 Å². The van der Waals surface area contributed by atoms with Crippen LogP contribution in [0, 0.1) is 5.92 Å². The number of ether oxygens (including phenoxy) is 1. The summed E-state index contributed by atoms with van der Waals surface area (Å²) in [6.07, 6.45) is 4.26. The van der Waals surface area contributed by atoms with Crippen molar-refractivity contribution < 1.29 is 9.53 Å². The lowest BCUT2D eigenvalue weighted by Crippen LogP contribution is -2.34. The zero-order valence-corrected chi connectivity index (χ0v) is 8.51. The molecule has 3 nitrogen and oxygen atoms in total. The van der Waals surface area contributed by atoms with Gasteiger partial charge in [-0.05, 0) is 33.2 Å². The first-order chi connectivity index (χ1) is 6.27. The van der Waals surface area contributed by atoms with Crippen LogP contribution in [0.15, 0.2) is 0 Å². The fourth-order valence-electron chi connectivity index (χ4n) is 1.93. The van der Waals surface area contributed by atoms with Gasteiger partial charge in [-0.3, -0.25) is 4.79 Å². The van der Waals surface area contributed by atoms with E-state index in [1.807, 2.05) is 14.0 Å². The highest BCUT2D eigenvalue weighted by Gasteiger charge is 2.27. The predicted molar refractivity (Wildman–Crippen MR) is 51.4 cm³/mol. The zero-order chi connectivity index (χ0) is 9.68. The van der Waals surface area contributed by atoms with Gasteiger partial charge in [0, 0.05) is 6.04 Å². The van der Waals surface area contributed by atoms with Crippen molar-refractivity contribution in [3.63, 3.8) is 0 Å². The van der Waals surface area contributed by atoms with E-state index in [1.54, 1.807) is 0 Å². The third kappa shape index (κ3) is 2.99. The number of carbonyl (C=O) groups is 1. The standard InChI is InChI=1S/C10H19NO2/c1-3-13-10(12)8-5-4-6-9(7-8)11-2/h8-9,11H,3-7H2,1-2H3/t8-,9+/m1/s1. The second-order valence-corrected chi connectivity index (χ2v) is 3.60. The molecule has 1 aliphatic rings. The van der Waals surface area contributed by atoms with Crippen LogP contribution < -0.4 is 5.32 Å². The maximum absolute atomic E-state index is 11.4. The number of rotatable bonds is 3. The summed E-state index contributed by atoms with van der Waals surface area (Å²) in [6, 6.07) is 0.503. The highest BCUT2D eigenvalue weighted by molar-refractivity contribution is 5.72. The van der Waals surface area contributed by atoms with Crippen LogP contribution in [0.3, 0.4) is 0 Å². The topological polar surface area (TPSA) is 38.3 Å². The number of hydrogen-bond donors (Lipinski definition) is 1. The molecule has 0 amide bonds. The maximum Gasteiger partial charge on any atom is 0.308 e. The lowest BCUT2D eigenvalue weighted by Gasteiger charge is -2.27. The first-order valence-electron chi connectivity index (χ1n) is 5.11. The molecule has 0 radical (unpaired) electrons. The molecule has 0 bridgehead atoms. The third-order valence-electron chi connectivity index (χ3n) is 2.70. The van der Waals surface area contributed by atoms with Crippen LogP contribution >= 0.6 is 0 Å². The third-order valence-corrected chi connectivity index (χ3v) is 2.70. The molecule has 0 aliphatic heterocycles. The Bertz CT molecular complexity index is 170. The van der Waals surface area contributed by atoms with Gasteiger partial charge in [0.1, 0.15) is 0 Å². The van der Waals surface area contributed by atoms with Crippen molar-refractivity contribution in [2.45, 2.75) is 38.6 Å². The summed E-state index contributed by atoms with van der Waals surface area (Å²) in [7, 11) is 1.96. The van der Waals surface area contributed by atoms with Crippen LogP contribution in [0.1, 0.15) is 32.6 Å². The Balaban J connectivity index is 2.37. The van der Waals surface area contributed by atoms with Gasteiger partial charge in [-0.2, -0.15) is 0 Å². The monoisotopic (exact) mass is 185 g/mol. The predicted octanol–water partition coefficient (Wildman–Crippen LogP) is 1.33. The molecule has 1 N–H and O–H groups in total. The van der Waals surface area contributed by atoms with E-state index in [0.29, 0.717) is 12.6 Å². The molecule has 0 aromatic rings. The molecule has 0 spiro atoms. The molecule has 0 heterocycles. The molecule has 1 aliphatic carbocycles. The summed E-state index contributed by atoms with van der Waals surface area (Å²) < 4.78 is 5.01. The van der Waals surface area contributed by atoms with Crippen molar-refractivity contribution in [3.8, 4) is 0 Å². The van der Waals surface area contributed by atoms with E-state index in [2.05, 4.69) is 5.32 Å². The summed E-state index contributed by atoms with van der Waals surface area (Å²) in [4.78, 5) is 11.4. The Morgan fingerprint density at radius 1 is 1.54 bits per heavy atom. The van der Waals surface area contributed by atoms with Gasteiger partial charge >= 0.3 is 5.97 Å². The quantitative estimate of drug-likeness (QED) is 0.674. The SMILES string of the molecule is CCOC(=O)[C@@H]1CCC[C@H](NC)C1. The highest BCUT2D eigenvalue weighted by atomic mass is 16.5. The largest absolute Gasteiger partial charge is 0.466 e. The van der Waals surface area contributed by atoms with E-state index in [9.17, 15) is 4.79 Å². The molecule has 0 saturated heterocycles. The van der Waals surface area contributed by atoms with Gasteiger partial charge in [-0.25, -0.2) is 0 Å². The Morgan fingerprint density at radius 2 is 2.31 bits per heavy atom. The smallest absolute Gasteiger partial charge is 0.308 e. The number of hydrogen-bond acceptors (Lipinski definition) is 3. The molecule has 3 heteroatoms. The Morgan fingerprint density at radius 3 is 2.92 bits per heavy atom. The van der Waals surface area contributed by atoms with Gasteiger partial charge in [0.05, 0.1) is 12.5 Å². The molecule has 13 heavy (non-hydrogen) atoms. The van der Waals surface area contributed by atoms with Crippen LogP contribution in [0.5, 0.6) is 0 Å². The summed E-state index contributed by atoms with van der Waals surface area (Å²) in [6.45, 7) is 2.36. The summed E-state index contributed by atoms with van der Waals surface area (Å²) in [5, 5.41) is 3.22. The number of nitrogens with one attached hydrogen (secondary N) is 1. The van der Waals surface area contributed by atoms with E-state index in [4.69, 9.17) is 4.74 Å². The van der Waals surface area contributed by atoms with Gasteiger partial charge < -0.3 is 10.1 Å². The first kappa shape index (κ1) is 10.5. The molecular weight excluding hydrogens is 166 g/mol. The van der Waals surface area contributed by atoms with Crippen LogP contribution in [-0.2, 0) is 9.53 Å². The fourth-order valence-corrected chi connectivity index (χ4v) is 1.93. The average molecular weight is 185 g/mol. The fraction of sp³-hybridized carbons (Fsp3) is 0.900. The summed E-state index contributed by atoms with van der Waals surface area (Å²) >= 11 is 0. The van der Waals surface area contributed by atoms with Crippen molar-refractivity contribution in [3.05, 3.63) is 0 Å². The lowest BCUT2D eigenvalue weighted by atomic mass is 9.86. The van der Waals surface area contributed by atoms with Gasteiger partial charge in [-0.1, -0.05) is 6.42 Å². The van der Waals surface area contributed by atoms with E-state index < -0.39 is 0 Å². The van der Waals surface area contributed by atoms with Gasteiger partial charge in [0.25, 0.3) is 0 Å². The van der Waals surface area contributed by atoms with E-state index in [0.717, 1.165) is 19.3 Å². The van der Waals surface area contributed by atoms with Crippen molar-refractivity contribution in [1.29, 1.82) is 0 Å². The highest BCUT2D eigenvalue weighted by Crippen LogP contribution is 2.24. The van der Waals surface area contributed by atoms with Crippen LogP contribution in [0.25, 0.3) is 0 Å². The van der Waals surface area contributed by atoms with Gasteiger partial charge in [-0.15, -0.1) is 0 Å². The number of esters is 1. The molecule has 76 valence electrons. The van der Waals surface area contributed by atoms with Crippen LogP contribution in [0.4, 0.5) is 0 Å². The molecule has 0 aromatic carbocycles. The minimum Gasteiger partial charge on any atom is -0.466 e. The van der Waals surface area contributed by atoms with Crippen molar-refractivity contribution >= 4 is 5.97 Å². The van der Waals surface area contributed by atoms with Crippen LogP contribution in [0.2, 0.25) is 0 Å². The zero-order valence-electron chi connectivity index (χ0n) is 8.51. The molecule has 1 saturated carbocycles. The summed E-state index contributed by atoms with van der Waals surface area (Å²) in [5.41, 5.74) is 0. The van der Waals surface area contributed by atoms with Crippen molar-refractivity contribution in [2.24, 2.45) is 5.92 Å². The summed E-state index contributed by atoms with van der Waals surface area (Å²) in [5.74, 6) is 0.119. The van der Waals surface area contributed by atoms with Crippen LogP contribution in [-0.4, -0.2) is 25.7 Å². The van der Waals surface area contributed by atoms with Gasteiger partial charge in [0.2, 0.25) is 0 Å². The molecule has 2 atom stereocenters. The Kier molecular flexibility index (Phi) is 4.22. The molecule has 0 aromatic heterocycles. The normalized spacial score (nSPS) is 28.5. The Labute approximate surface area is 79.8 Å². The average Bonchev–Trinajstić information content (AvgIpc) is 2.18. The van der Waals surface area contributed by atoms with Crippen molar-refractivity contribution in [2.75, 3.05) is 13.7 Å². The molecular formula is C10H19NO2. The lowest BCUT2D eigenvalue weighted by molar-refractivity contribution is -0.149. The number of carbonyl (C=O) groups excluding carboxylic acids is 1. The minimum absolute atomic E-state index is 0.0116. The van der Waals surface area contributed by atoms with E-state index in [-0.39, 0.29) is 11.9 Å². The second-order valence-electron chi connectivity index (χ2n) is 3.60. The van der Waals surface area contributed by atoms with E-state index >= 15 is 0 Å². The van der Waals surface area contributed by atoms with Gasteiger partial charge in [0.15, 0.2) is 0 Å². The molecule has 1 rings (SSSR count). The first-order valence-corrected chi connectivity index (χ1v) is 5.11. The minimum atomic E-state index is -0.0116. The molecule has 0 unspecified atom stereocenters. The Hall–Kier alpha value is -0.570. The maximum atomic E-state index is 11.4. The molecule has 1 fully saturated rings.